The van der Waals surface area contributed by atoms with Gasteiger partial charge in [0.25, 0.3) is 0 Å². The Balaban J connectivity index is 2.73. The first-order chi connectivity index (χ1) is 6.24. The highest BCUT2D eigenvalue weighted by Crippen LogP contribution is 2.24. The van der Waals surface area contributed by atoms with Crippen molar-refractivity contribution in [2.24, 2.45) is 0 Å². The van der Waals surface area contributed by atoms with Gasteiger partial charge in [-0.15, -0.1) is 0 Å². The molecule has 0 atom stereocenters. The van der Waals surface area contributed by atoms with Crippen molar-refractivity contribution in [3.63, 3.8) is 0 Å². The molecule has 1 aromatic carbocycles. The molecule has 3 heteroatoms. The molecule has 0 aliphatic heterocycles. The molecule has 0 amide bonds. The number of phenolic OH excluding ortho intramolecular Hbond substituents is 1. The van der Waals surface area contributed by atoms with Gasteiger partial charge in [-0.25, -0.2) is 0 Å². The van der Waals surface area contributed by atoms with Gasteiger partial charge in [0.15, 0.2) is 0 Å². The molecule has 1 aromatic rings. The highest BCUT2D eigenvalue weighted by Gasteiger charge is 1.96. The van der Waals surface area contributed by atoms with Gasteiger partial charge >= 0.3 is 0 Å². The summed E-state index contributed by atoms with van der Waals surface area (Å²) in [6, 6.07) is 5.13. The Labute approximate surface area is 88.5 Å². The van der Waals surface area contributed by atoms with Crippen molar-refractivity contribution >= 4 is 30.3 Å². The second kappa shape index (κ2) is 5.20. The zero-order valence-electron chi connectivity index (χ0n) is 7.07. The minimum absolute atomic E-state index is 0.119. The summed E-state index contributed by atoms with van der Waals surface area (Å²) in [5.74, 6) is 0.954. The van der Waals surface area contributed by atoms with E-state index in [1.165, 1.54) is 0 Å². The van der Waals surface area contributed by atoms with Gasteiger partial charge in [0.2, 0.25) is 0 Å². The van der Waals surface area contributed by atoms with Crippen LogP contribution in [0.1, 0.15) is 12.0 Å². The Morgan fingerprint density at radius 1 is 1.46 bits per heavy atom. The number of hydrogen-bond acceptors (Lipinski definition) is 2. The Hall–Kier alpha value is -0.600. The highest BCUT2D eigenvalue weighted by atomic mass is 35.5. The summed E-state index contributed by atoms with van der Waals surface area (Å²) in [4.78, 5) is 0. The second-order valence-corrected chi connectivity index (χ2v) is 3.48. The monoisotopic (exact) mass is 214 g/mol. The summed E-state index contributed by atoms with van der Waals surface area (Å²) >= 11 is 9.81. The minimum Gasteiger partial charge on any atom is -0.506 e. The van der Waals surface area contributed by atoms with E-state index in [0.29, 0.717) is 5.02 Å². The van der Waals surface area contributed by atoms with Crippen LogP contribution in [0.4, 0.5) is 0 Å². The maximum atomic E-state index is 9.15. The van der Waals surface area contributed by atoms with Crippen molar-refractivity contribution in [3.05, 3.63) is 34.9 Å². The Kier molecular flexibility index (Phi) is 4.19. The van der Waals surface area contributed by atoms with Gasteiger partial charge in [-0.05, 0) is 29.9 Å². The normalized spacial score (nSPS) is 10.9. The molecule has 0 radical (unpaired) electrons. The highest BCUT2D eigenvalue weighted by molar-refractivity contribution is 7.80. The molecule has 0 spiro atoms. The number of thiol groups is 1. The third-order valence-corrected chi connectivity index (χ3v) is 2.14. The summed E-state index contributed by atoms with van der Waals surface area (Å²) in [6.07, 6.45) is 4.92. The lowest BCUT2D eigenvalue weighted by Gasteiger charge is -1.97. The summed E-state index contributed by atoms with van der Waals surface area (Å²) < 4.78 is 0. The fourth-order valence-electron chi connectivity index (χ4n) is 0.921. The average Bonchev–Trinajstić information content (AvgIpc) is 2.12. The Bertz CT molecular complexity index is 310. The fourth-order valence-corrected chi connectivity index (χ4v) is 1.26. The van der Waals surface area contributed by atoms with Crippen LogP contribution in [-0.4, -0.2) is 10.9 Å². The quantitative estimate of drug-likeness (QED) is 0.740. The SMILES string of the molecule is Oc1ccc(C=CCCS)cc1Cl. The number of aromatic hydroxyl groups is 1. The maximum absolute atomic E-state index is 9.15. The molecular formula is C10H11ClOS. The van der Waals surface area contributed by atoms with Crippen LogP contribution in [0, 0.1) is 0 Å². The van der Waals surface area contributed by atoms with E-state index in [2.05, 4.69) is 12.6 Å². The standard InChI is InChI=1S/C10H11ClOS/c11-9-7-8(3-1-2-6-13)4-5-10(9)12/h1,3-5,7,12-13H,2,6H2. The van der Waals surface area contributed by atoms with Crippen LogP contribution in [0.3, 0.4) is 0 Å². The maximum Gasteiger partial charge on any atom is 0.134 e. The molecule has 0 saturated heterocycles. The zero-order chi connectivity index (χ0) is 9.68. The first kappa shape index (κ1) is 10.5. The topological polar surface area (TPSA) is 20.2 Å². The van der Waals surface area contributed by atoms with Crippen LogP contribution in [0.15, 0.2) is 24.3 Å². The smallest absolute Gasteiger partial charge is 0.134 e. The number of allylic oxidation sites excluding steroid dienone is 1. The Morgan fingerprint density at radius 3 is 2.85 bits per heavy atom. The van der Waals surface area contributed by atoms with Crippen LogP contribution in [0.5, 0.6) is 5.75 Å². The fraction of sp³-hybridized carbons (Fsp3) is 0.200. The number of benzene rings is 1. The van der Waals surface area contributed by atoms with E-state index >= 15 is 0 Å². The van der Waals surface area contributed by atoms with Crippen LogP contribution < -0.4 is 0 Å². The molecule has 1 N–H and O–H groups in total. The molecule has 1 nitrogen and oxygen atoms in total. The van der Waals surface area contributed by atoms with Crippen molar-refractivity contribution in [1.29, 1.82) is 0 Å². The predicted molar refractivity (Wildman–Crippen MR) is 60.6 cm³/mol. The van der Waals surface area contributed by atoms with Gasteiger partial charge in [0.1, 0.15) is 5.75 Å². The lowest BCUT2D eigenvalue weighted by molar-refractivity contribution is 0.475. The summed E-state index contributed by atoms with van der Waals surface area (Å²) in [5.41, 5.74) is 0.990. The van der Waals surface area contributed by atoms with Crippen molar-refractivity contribution < 1.29 is 5.11 Å². The number of hydrogen-bond donors (Lipinski definition) is 2. The number of halogens is 1. The van der Waals surface area contributed by atoms with E-state index in [4.69, 9.17) is 16.7 Å². The van der Waals surface area contributed by atoms with E-state index in [-0.39, 0.29) is 5.75 Å². The van der Waals surface area contributed by atoms with Gasteiger partial charge in [-0.2, -0.15) is 12.6 Å². The first-order valence-corrected chi connectivity index (χ1v) is 5.01. The summed E-state index contributed by atoms with van der Waals surface area (Å²) in [7, 11) is 0. The van der Waals surface area contributed by atoms with E-state index in [1.54, 1.807) is 12.1 Å². The van der Waals surface area contributed by atoms with Gasteiger partial charge in [0, 0.05) is 0 Å². The van der Waals surface area contributed by atoms with Crippen LogP contribution in [0.25, 0.3) is 6.08 Å². The number of phenols is 1. The lowest BCUT2D eigenvalue weighted by atomic mass is 10.2. The molecule has 13 heavy (non-hydrogen) atoms. The molecule has 1 rings (SSSR count). The van der Waals surface area contributed by atoms with Crippen molar-refractivity contribution in [1.82, 2.24) is 0 Å². The van der Waals surface area contributed by atoms with Crippen LogP contribution in [-0.2, 0) is 0 Å². The van der Waals surface area contributed by atoms with Crippen molar-refractivity contribution in [3.8, 4) is 5.75 Å². The van der Waals surface area contributed by atoms with Gasteiger partial charge in [-0.1, -0.05) is 29.8 Å². The number of rotatable bonds is 3. The average molecular weight is 215 g/mol. The minimum atomic E-state index is 0.119. The molecule has 0 aliphatic rings. The first-order valence-electron chi connectivity index (χ1n) is 4.00. The molecule has 0 saturated carbocycles. The molecule has 0 unspecified atom stereocenters. The Morgan fingerprint density at radius 2 is 2.23 bits per heavy atom. The molecule has 0 aromatic heterocycles. The predicted octanol–water partition coefficient (Wildman–Crippen LogP) is 3.38. The molecule has 0 bridgehead atoms. The summed E-state index contributed by atoms with van der Waals surface area (Å²) in [5, 5.41) is 9.53. The largest absolute Gasteiger partial charge is 0.506 e. The summed E-state index contributed by atoms with van der Waals surface area (Å²) in [6.45, 7) is 0. The van der Waals surface area contributed by atoms with E-state index in [1.807, 2.05) is 18.2 Å². The van der Waals surface area contributed by atoms with E-state index in [0.717, 1.165) is 17.7 Å². The lowest BCUT2D eigenvalue weighted by Crippen LogP contribution is -1.74. The van der Waals surface area contributed by atoms with E-state index < -0.39 is 0 Å². The second-order valence-electron chi connectivity index (χ2n) is 2.63. The molecule has 0 heterocycles. The zero-order valence-corrected chi connectivity index (χ0v) is 8.72. The third-order valence-electron chi connectivity index (χ3n) is 1.58. The molecule has 0 fully saturated rings. The molecule has 70 valence electrons. The van der Waals surface area contributed by atoms with Gasteiger partial charge in [-0.3, -0.25) is 0 Å². The van der Waals surface area contributed by atoms with E-state index in [9.17, 15) is 0 Å². The van der Waals surface area contributed by atoms with Gasteiger partial charge < -0.3 is 5.11 Å². The molecule has 0 aliphatic carbocycles. The van der Waals surface area contributed by atoms with Crippen molar-refractivity contribution in [2.45, 2.75) is 6.42 Å². The van der Waals surface area contributed by atoms with Crippen molar-refractivity contribution in [2.75, 3.05) is 5.75 Å². The third kappa shape index (κ3) is 3.33. The van der Waals surface area contributed by atoms with Gasteiger partial charge in [0.05, 0.1) is 5.02 Å². The van der Waals surface area contributed by atoms with Crippen LogP contribution >= 0.6 is 24.2 Å². The van der Waals surface area contributed by atoms with Crippen LogP contribution in [0.2, 0.25) is 5.02 Å². The molecular weight excluding hydrogens is 204 g/mol.